The third kappa shape index (κ3) is 2.23. The molecule has 1 aromatic carbocycles. The summed E-state index contributed by atoms with van der Waals surface area (Å²) in [6.07, 6.45) is 1.87. The first-order chi connectivity index (χ1) is 7.77. The molecule has 1 aliphatic rings. The van der Waals surface area contributed by atoms with Gasteiger partial charge < -0.3 is 15.3 Å². The molecule has 1 atom stereocenters. The van der Waals surface area contributed by atoms with Crippen LogP contribution in [0.15, 0.2) is 42.8 Å². The van der Waals surface area contributed by atoms with Crippen molar-refractivity contribution in [1.29, 1.82) is 0 Å². The molecule has 0 saturated heterocycles. The number of rotatable bonds is 4. The van der Waals surface area contributed by atoms with E-state index in [1.807, 2.05) is 6.07 Å². The number of nitrogens with zero attached hydrogens (tertiary/aromatic N) is 1. The summed E-state index contributed by atoms with van der Waals surface area (Å²) in [5.74, 6) is -0.122. The summed E-state index contributed by atoms with van der Waals surface area (Å²) >= 11 is 0. The Kier molecular flexibility index (Phi) is 2.93. The summed E-state index contributed by atoms with van der Waals surface area (Å²) in [4.78, 5) is 16.2. The number of carbonyl (C=O) groups is 1. The van der Waals surface area contributed by atoms with Gasteiger partial charge in [0.2, 0.25) is 0 Å². The molecule has 1 amide bonds. The SMILES string of the molecule is NC(=O)C(Oc1ccccc1)N1NC=CO1. The van der Waals surface area contributed by atoms with Gasteiger partial charge in [0.15, 0.2) is 0 Å². The standard InChI is InChI=1S/C10H11N3O3/c11-9(14)10(13-12-6-7-15-13)16-8-4-2-1-3-5-8/h1-7,10,12H,(H2,11,14). The van der Waals surface area contributed by atoms with Crippen LogP contribution in [0.25, 0.3) is 0 Å². The molecule has 0 spiro atoms. The van der Waals surface area contributed by atoms with Crippen LogP contribution in [-0.4, -0.2) is 17.3 Å². The van der Waals surface area contributed by atoms with Crippen molar-refractivity contribution in [1.82, 2.24) is 10.6 Å². The third-order valence-electron chi connectivity index (χ3n) is 1.89. The molecule has 1 heterocycles. The van der Waals surface area contributed by atoms with Crippen molar-refractivity contribution in [3.05, 3.63) is 42.8 Å². The minimum Gasteiger partial charge on any atom is -0.461 e. The number of para-hydroxylation sites is 1. The second kappa shape index (κ2) is 4.54. The maximum atomic E-state index is 11.2. The maximum absolute atomic E-state index is 11.2. The molecule has 6 nitrogen and oxygen atoms in total. The van der Waals surface area contributed by atoms with Crippen molar-refractivity contribution in [2.45, 2.75) is 6.23 Å². The molecule has 3 N–H and O–H groups in total. The largest absolute Gasteiger partial charge is 0.461 e. The van der Waals surface area contributed by atoms with Crippen molar-refractivity contribution in [3.8, 4) is 5.75 Å². The monoisotopic (exact) mass is 221 g/mol. The summed E-state index contributed by atoms with van der Waals surface area (Å²) in [5.41, 5.74) is 7.87. The lowest BCUT2D eigenvalue weighted by Crippen LogP contribution is -2.50. The van der Waals surface area contributed by atoms with Gasteiger partial charge in [-0.3, -0.25) is 10.2 Å². The van der Waals surface area contributed by atoms with Crippen LogP contribution >= 0.6 is 0 Å². The number of amides is 1. The number of hydrazine groups is 1. The molecule has 0 aromatic heterocycles. The number of primary amides is 1. The summed E-state index contributed by atoms with van der Waals surface area (Å²) < 4.78 is 5.38. The van der Waals surface area contributed by atoms with E-state index in [-0.39, 0.29) is 0 Å². The summed E-state index contributed by atoms with van der Waals surface area (Å²) in [7, 11) is 0. The average Bonchev–Trinajstić information content (AvgIpc) is 2.80. The fraction of sp³-hybridized carbons (Fsp3) is 0.100. The number of nitrogens with one attached hydrogen (secondary N) is 1. The molecule has 1 aliphatic heterocycles. The van der Waals surface area contributed by atoms with E-state index < -0.39 is 12.1 Å². The van der Waals surface area contributed by atoms with Crippen LogP contribution in [0.2, 0.25) is 0 Å². The van der Waals surface area contributed by atoms with Crippen molar-refractivity contribution in [3.63, 3.8) is 0 Å². The van der Waals surface area contributed by atoms with Gasteiger partial charge in [0.25, 0.3) is 12.1 Å². The topological polar surface area (TPSA) is 76.8 Å². The van der Waals surface area contributed by atoms with Crippen LogP contribution in [0.1, 0.15) is 0 Å². The normalized spacial score (nSPS) is 16.2. The number of hydrogen-bond donors (Lipinski definition) is 2. The van der Waals surface area contributed by atoms with Crippen LogP contribution in [0.5, 0.6) is 5.75 Å². The van der Waals surface area contributed by atoms with E-state index in [9.17, 15) is 4.79 Å². The van der Waals surface area contributed by atoms with E-state index in [1.54, 1.807) is 24.3 Å². The number of hydrogen-bond acceptors (Lipinski definition) is 5. The van der Waals surface area contributed by atoms with Crippen LogP contribution < -0.4 is 15.9 Å². The van der Waals surface area contributed by atoms with E-state index in [4.69, 9.17) is 15.3 Å². The number of benzene rings is 1. The molecular formula is C10H11N3O3. The van der Waals surface area contributed by atoms with Gasteiger partial charge in [-0.15, -0.1) is 0 Å². The molecule has 0 bridgehead atoms. The minimum absolute atomic E-state index is 0.531. The predicted molar refractivity (Wildman–Crippen MR) is 55.3 cm³/mol. The Bertz CT molecular complexity index is 386. The first-order valence-corrected chi connectivity index (χ1v) is 4.65. The second-order valence-corrected chi connectivity index (χ2v) is 3.05. The fourth-order valence-corrected chi connectivity index (χ4v) is 1.20. The highest BCUT2D eigenvalue weighted by Crippen LogP contribution is 2.13. The molecule has 1 aromatic rings. The van der Waals surface area contributed by atoms with E-state index in [1.165, 1.54) is 12.5 Å². The Morgan fingerprint density at radius 2 is 2.19 bits per heavy atom. The Morgan fingerprint density at radius 3 is 2.75 bits per heavy atom. The second-order valence-electron chi connectivity index (χ2n) is 3.05. The Hall–Kier alpha value is -2.21. The van der Waals surface area contributed by atoms with Crippen LogP contribution in [0.3, 0.4) is 0 Å². The lowest BCUT2D eigenvalue weighted by molar-refractivity contribution is -0.202. The van der Waals surface area contributed by atoms with Crippen LogP contribution in [-0.2, 0) is 9.63 Å². The molecule has 84 valence electrons. The number of hydroxylamine groups is 1. The minimum atomic E-state index is -1.03. The van der Waals surface area contributed by atoms with Crippen LogP contribution in [0, 0.1) is 0 Å². The molecule has 0 saturated carbocycles. The molecule has 0 aliphatic carbocycles. The molecular weight excluding hydrogens is 210 g/mol. The lowest BCUT2D eigenvalue weighted by Gasteiger charge is -2.23. The van der Waals surface area contributed by atoms with Crippen molar-refractivity contribution < 1.29 is 14.4 Å². The molecule has 1 unspecified atom stereocenters. The quantitative estimate of drug-likeness (QED) is 0.754. The lowest BCUT2D eigenvalue weighted by atomic mass is 10.3. The fourth-order valence-electron chi connectivity index (χ4n) is 1.20. The summed E-state index contributed by atoms with van der Waals surface area (Å²) in [6, 6.07) is 8.88. The number of nitrogens with two attached hydrogens (primary N) is 1. The summed E-state index contributed by atoms with van der Waals surface area (Å²) in [6.45, 7) is 0. The van der Waals surface area contributed by atoms with Gasteiger partial charge in [-0.25, -0.2) is 0 Å². The highest BCUT2D eigenvalue weighted by atomic mass is 16.7. The Morgan fingerprint density at radius 1 is 1.44 bits per heavy atom. The van der Waals surface area contributed by atoms with Gasteiger partial charge >= 0.3 is 0 Å². The zero-order valence-electron chi connectivity index (χ0n) is 8.37. The molecule has 2 rings (SSSR count). The molecule has 6 heteroatoms. The van der Waals surface area contributed by atoms with Crippen molar-refractivity contribution >= 4 is 5.91 Å². The molecule has 0 fully saturated rings. The zero-order chi connectivity index (χ0) is 11.4. The van der Waals surface area contributed by atoms with E-state index in [2.05, 4.69) is 5.43 Å². The van der Waals surface area contributed by atoms with Gasteiger partial charge in [0.1, 0.15) is 12.0 Å². The smallest absolute Gasteiger partial charge is 0.282 e. The highest BCUT2D eigenvalue weighted by Gasteiger charge is 2.28. The number of ether oxygens (including phenoxy) is 1. The van der Waals surface area contributed by atoms with Gasteiger partial charge in [-0.2, -0.15) is 0 Å². The maximum Gasteiger partial charge on any atom is 0.282 e. The van der Waals surface area contributed by atoms with Gasteiger partial charge in [0, 0.05) is 0 Å². The average molecular weight is 221 g/mol. The van der Waals surface area contributed by atoms with Crippen molar-refractivity contribution in [2.75, 3.05) is 0 Å². The molecule has 16 heavy (non-hydrogen) atoms. The Balaban J connectivity index is 2.06. The Labute approximate surface area is 92.2 Å². The van der Waals surface area contributed by atoms with E-state index in [0.29, 0.717) is 5.75 Å². The first-order valence-electron chi connectivity index (χ1n) is 4.65. The van der Waals surface area contributed by atoms with E-state index in [0.717, 1.165) is 5.17 Å². The molecule has 0 radical (unpaired) electrons. The summed E-state index contributed by atoms with van der Waals surface area (Å²) in [5, 5.41) is 1.12. The first kappa shape index (κ1) is 10.3. The van der Waals surface area contributed by atoms with Gasteiger partial charge in [-0.1, -0.05) is 18.2 Å². The van der Waals surface area contributed by atoms with Crippen molar-refractivity contribution in [2.24, 2.45) is 5.73 Å². The highest BCUT2D eigenvalue weighted by molar-refractivity contribution is 5.78. The predicted octanol–water partition coefficient (Wildman–Crippen LogP) is 0.0998. The van der Waals surface area contributed by atoms with E-state index >= 15 is 0 Å². The van der Waals surface area contributed by atoms with Gasteiger partial charge in [-0.05, 0) is 17.3 Å². The number of carbonyl (C=O) groups excluding carboxylic acids is 1. The zero-order valence-corrected chi connectivity index (χ0v) is 8.37. The third-order valence-corrected chi connectivity index (χ3v) is 1.89. The van der Waals surface area contributed by atoms with Gasteiger partial charge in [0.05, 0.1) is 6.20 Å². The van der Waals surface area contributed by atoms with Crippen LogP contribution in [0.4, 0.5) is 0 Å².